The predicted molar refractivity (Wildman–Crippen MR) is 118 cm³/mol. The summed E-state index contributed by atoms with van der Waals surface area (Å²) in [6, 6.07) is 10.8. The Morgan fingerprint density at radius 3 is 1.88 bits per heavy atom. The second-order valence-electron chi connectivity index (χ2n) is 7.54. The van der Waals surface area contributed by atoms with Gasteiger partial charge in [0.15, 0.2) is 0 Å². The Morgan fingerprint density at radius 1 is 0.880 bits per heavy atom. The number of hydrogen-bond donors (Lipinski definition) is 0. The molecule has 1 aromatic carbocycles. The van der Waals surface area contributed by atoms with Crippen molar-refractivity contribution in [3.8, 4) is 0 Å². The number of aryl methyl sites for hydroxylation is 1. The molecule has 0 N–H and O–H groups in total. The van der Waals surface area contributed by atoms with Crippen molar-refractivity contribution in [2.24, 2.45) is 0 Å². The molecule has 0 spiro atoms. The minimum atomic E-state index is -2.25. The Hall–Kier alpha value is -0.501. The van der Waals surface area contributed by atoms with Gasteiger partial charge in [-0.05, 0) is 0 Å². The molecule has 0 radical (unpaired) electrons. The molecule has 0 unspecified atom stereocenters. The molecule has 0 nitrogen and oxygen atoms in total. The quantitative estimate of drug-likeness (QED) is 0.200. The summed E-state index contributed by atoms with van der Waals surface area (Å²) in [5, 5.41) is 0. The van der Waals surface area contributed by atoms with E-state index >= 15 is 0 Å². The molecule has 0 aliphatic heterocycles. The molecule has 0 fully saturated rings. The number of hydrogen-bond acceptors (Lipinski definition) is 0. The second kappa shape index (κ2) is 13.7. The van der Waals surface area contributed by atoms with E-state index in [1.807, 2.05) is 0 Å². The molecular weight excluding hydrogens is 407 g/mol. The van der Waals surface area contributed by atoms with Crippen molar-refractivity contribution >= 4 is 18.4 Å². The molecule has 0 saturated heterocycles. The van der Waals surface area contributed by atoms with Gasteiger partial charge in [0.2, 0.25) is 0 Å². The second-order valence-corrected chi connectivity index (χ2v) is 21.0. The number of rotatable bonds is 14. The summed E-state index contributed by atoms with van der Waals surface area (Å²) in [5.41, 5.74) is 1.44. The molecule has 0 atom stereocenters. The van der Waals surface area contributed by atoms with E-state index in [0.29, 0.717) is 0 Å². The van der Waals surface area contributed by atoms with Gasteiger partial charge in [-0.25, -0.2) is 0 Å². The van der Waals surface area contributed by atoms with Crippen LogP contribution in [0.5, 0.6) is 0 Å². The third-order valence-electron chi connectivity index (χ3n) is 5.47. The first-order chi connectivity index (χ1) is 12.2. The van der Waals surface area contributed by atoms with Gasteiger partial charge in [0, 0.05) is 0 Å². The van der Waals surface area contributed by atoms with Crippen LogP contribution in [0.4, 0.5) is 0 Å². The van der Waals surface area contributed by atoms with Crippen LogP contribution in [0.1, 0.15) is 71.3 Å². The van der Waals surface area contributed by atoms with Crippen LogP contribution in [-0.2, 0) is 6.42 Å². The van der Waals surface area contributed by atoms with Gasteiger partial charge in [-0.15, -0.1) is 0 Å². The van der Waals surface area contributed by atoms with Crippen molar-refractivity contribution in [1.29, 1.82) is 0 Å². The van der Waals surface area contributed by atoms with Crippen molar-refractivity contribution in [1.82, 2.24) is 0 Å². The molecule has 0 aliphatic rings. The molecule has 25 heavy (non-hydrogen) atoms. The average molecular weight is 447 g/mol. The Balaban J connectivity index is 2.71. The van der Waals surface area contributed by atoms with Crippen molar-refractivity contribution in [3.05, 3.63) is 58.2 Å². The summed E-state index contributed by atoms with van der Waals surface area (Å²) in [4.78, 5) is 0. The van der Waals surface area contributed by atoms with E-state index in [-0.39, 0.29) is 0 Å². The van der Waals surface area contributed by atoms with E-state index in [1.54, 1.807) is 3.59 Å². The standard InChI is InChI=1S/C12H13.3C4H9.Sn/c1-2-3-4-6-9-12-10-7-5-8-11-12;3*1-3-4-2;/h3-5,7-8,10-11H,1,6,9H2;3*1,3-4H2,2H3;/b4-3+;;;;. The predicted octanol–water partition coefficient (Wildman–Crippen LogP) is 8.12. The number of benzene rings is 1. The summed E-state index contributed by atoms with van der Waals surface area (Å²) in [6.07, 6.45) is 15.4. The normalized spacial score (nSPS) is 12.0. The molecule has 0 amide bonds. The van der Waals surface area contributed by atoms with Gasteiger partial charge < -0.3 is 0 Å². The fourth-order valence-corrected chi connectivity index (χ4v) is 18.8. The maximum atomic E-state index is 4.64. The average Bonchev–Trinajstić information content (AvgIpc) is 2.65. The van der Waals surface area contributed by atoms with Gasteiger partial charge in [-0.2, -0.15) is 0 Å². The van der Waals surface area contributed by atoms with Crippen LogP contribution in [0.2, 0.25) is 13.3 Å². The molecule has 140 valence electrons. The van der Waals surface area contributed by atoms with Crippen molar-refractivity contribution < 1.29 is 0 Å². The molecule has 0 heterocycles. The zero-order valence-electron chi connectivity index (χ0n) is 17.0. The summed E-state index contributed by atoms with van der Waals surface area (Å²) >= 11 is -2.25. The first-order valence-corrected chi connectivity index (χ1v) is 18.1. The first kappa shape index (κ1) is 22.5. The Morgan fingerprint density at radius 2 is 1.40 bits per heavy atom. The van der Waals surface area contributed by atoms with Gasteiger partial charge in [0.05, 0.1) is 0 Å². The zero-order valence-corrected chi connectivity index (χ0v) is 19.9. The third kappa shape index (κ3) is 8.62. The molecule has 1 rings (SSSR count). The van der Waals surface area contributed by atoms with Gasteiger partial charge in [-0.1, -0.05) is 0 Å². The van der Waals surface area contributed by atoms with Gasteiger partial charge in [0.25, 0.3) is 0 Å². The first-order valence-electron chi connectivity index (χ1n) is 10.6. The maximum absolute atomic E-state index is 4.64. The van der Waals surface area contributed by atoms with E-state index in [2.05, 4.69) is 69.8 Å². The third-order valence-corrected chi connectivity index (χ3v) is 21.1. The van der Waals surface area contributed by atoms with Crippen molar-refractivity contribution in [2.75, 3.05) is 0 Å². The SMILES string of the molecule is C=[C](/C=C/CCc1ccccc1)[Sn]([CH2]CCC)([CH2]CCC)[CH2]CCC. The fourth-order valence-electron chi connectivity index (χ4n) is 3.70. The molecule has 0 aliphatic carbocycles. The summed E-state index contributed by atoms with van der Waals surface area (Å²) in [6.45, 7) is 11.7. The van der Waals surface area contributed by atoms with Crippen LogP contribution in [0.25, 0.3) is 0 Å². The summed E-state index contributed by atoms with van der Waals surface area (Å²) in [7, 11) is 0. The van der Waals surface area contributed by atoms with E-state index in [0.717, 1.165) is 12.8 Å². The van der Waals surface area contributed by atoms with Gasteiger partial charge >= 0.3 is 162 Å². The Kier molecular flexibility index (Phi) is 12.3. The van der Waals surface area contributed by atoms with E-state index in [4.69, 9.17) is 0 Å². The van der Waals surface area contributed by atoms with Crippen molar-refractivity contribution in [2.45, 2.75) is 85.4 Å². The summed E-state index contributed by atoms with van der Waals surface area (Å²) < 4.78 is 6.16. The fraction of sp³-hybridized carbons (Fsp3) is 0.583. The van der Waals surface area contributed by atoms with Gasteiger partial charge in [-0.3, -0.25) is 0 Å². The Labute approximate surface area is 161 Å². The number of unbranched alkanes of at least 4 members (excludes halogenated alkanes) is 3. The van der Waals surface area contributed by atoms with E-state index in [9.17, 15) is 0 Å². The number of allylic oxidation sites excluding steroid dienone is 3. The molecule has 1 heteroatoms. The topological polar surface area (TPSA) is 0 Å². The zero-order chi connectivity index (χ0) is 18.4. The van der Waals surface area contributed by atoms with E-state index < -0.39 is 18.4 Å². The van der Waals surface area contributed by atoms with Crippen LogP contribution in [0, 0.1) is 0 Å². The monoisotopic (exact) mass is 448 g/mol. The van der Waals surface area contributed by atoms with Crippen LogP contribution in [0.3, 0.4) is 0 Å². The molecule has 0 aromatic heterocycles. The van der Waals surface area contributed by atoms with Crippen LogP contribution in [-0.4, -0.2) is 18.4 Å². The molecule has 0 bridgehead atoms. The minimum absolute atomic E-state index is 1.14. The van der Waals surface area contributed by atoms with E-state index in [1.165, 1.54) is 57.4 Å². The molecular formula is C24H40Sn. The molecule has 1 aromatic rings. The Bertz CT molecular complexity index is 464. The van der Waals surface area contributed by atoms with Crippen LogP contribution in [0.15, 0.2) is 52.7 Å². The van der Waals surface area contributed by atoms with Crippen LogP contribution < -0.4 is 0 Å². The van der Waals surface area contributed by atoms with Gasteiger partial charge in [0.1, 0.15) is 0 Å². The summed E-state index contributed by atoms with van der Waals surface area (Å²) in [5.74, 6) is 0. The van der Waals surface area contributed by atoms with Crippen LogP contribution >= 0.6 is 0 Å². The van der Waals surface area contributed by atoms with Crippen molar-refractivity contribution in [3.63, 3.8) is 0 Å². The molecule has 0 saturated carbocycles.